The van der Waals surface area contributed by atoms with Crippen LogP contribution in [0.3, 0.4) is 0 Å². The number of morpholine rings is 1. The highest BCUT2D eigenvalue weighted by molar-refractivity contribution is 6.03. The first-order chi connectivity index (χ1) is 12.6. The number of anilines is 1. The molecule has 0 saturated carbocycles. The molecule has 8 nitrogen and oxygen atoms in total. The highest BCUT2D eigenvalue weighted by atomic mass is 16.5. The lowest BCUT2D eigenvalue weighted by atomic mass is 10.1. The average Bonchev–Trinajstić information content (AvgIpc) is 3.10. The lowest BCUT2D eigenvalue weighted by Crippen LogP contribution is -2.35. The van der Waals surface area contributed by atoms with Gasteiger partial charge in [-0.1, -0.05) is 12.1 Å². The number of aryl methyl sites for hydroxylation is 1. The minimum atomic E-state index is -0.899. The van der Waals surface area contributed by atoms with Crippen molar-refractivity contribution in [3.05, 3.63) is 47.8 Å². The van der Waals surface area contributed by atoms with Crippen molar-refractivity contribution in [2.24, 2.45) is 0 Å². The number of rotatable bonds is 7. The van der Waals surface area contributed by atoms with Gasteiger partial charge < -0.3 is 15.2 Å². The maximum atomic E-state index is 12.4. The fraction of sp³-hybridized carbons (Fsp3) is 0.389. The van der Waals surface area contributed by atoms with E-state index in [4.69, 9.17) is 9.84 Å². The summed E-state index contributed by atoms with van der Waals surface area (Å²) in [6.07, 6.45) is 2.96. The van der Waals surface area contributed by atoms with Gasteiger partial charge in [0.1, 0.15) is 0 Å². The van der Waals surface area contributed by atoms with Crippen LogP contribution in [-0.4, -0.2) is 58.0 Å². The van der Waals surface area contributed by atoms with E-state index in [1.807, 2.05) is 24.3 Å². The molecule has 1 aliphatic heterocycles. The molecule has 1 aromatic carbocycles. The smallest absolute Gasteiger partial charge is 0.305 e. The van der Waals surface area contributed by atoms with E-state index in [2.05, 4.69) is 15.3 Å². The zero-order chi connectivity index (χ0) is 18.4. The van der Waals surface area contributed by atoms with Crippen molar-refractivity contribution < 1.29 is 19.4 Å². The highest BCUT2D eigenvalue weighted by Crippen LogP contribution is 2.15. The number of carboxylic acid groups (broad SMARTS) is 1. The molecule has 2 N–H and O–H groups in total. The number of benzene rings is 1. The molecule has 0 radical (unpaired) electrons. The Balaban J connectivity index is 1.58. The summed E-state index contributed by atoms with van der Waals surface area (Å²) in [7, 11) is 0. The van der Waals surface area contributed by atoms with Gasteiger partial charge in [-0.25, -0.2) is 0 Å². The second kappa shape index (κ2) is 8.59. The van der Waals surface area contributed by atoms with Gasteiger partial charge >= 0.3 is 5.97 Å². The molecule has 26 heavy (non-hydrogen) atoms. The molecule has 0 unspecified atom stereocenters. The molecule has 3 rings (SSSR count). The normalized spacial score (nSPS) is 14.9. The summed E-state index contributed by atoms with van der Waals surface area (Å²) in [5.41, 5.74) is 2.25. The van der Waals surface area contributed by atoms with Crippen molar-refractivity contribution in [2.45, 2.75) is 19.5 Å². The molecular formula is C18H22N4O4. The summed E-state index contributed by atoms with van der Waals surface area (Å²) in [4.78, 5) is 25.3. The molecule has 1 fully saturated rings. The Morgan fingerprint density at radius 3 is 2.85 bits per heavy atom. The van der Waals surface area contributed by atoms with E-state index in [9.17, 15) is 9.59 Å². The Morgan fingerprint density at radius 1 is 1.27 bits per heavy atom. The lowest BCUT2D eigenvalue weighted by molar-refractivity contribution is -0.137. The van der Waals surface area contributed by atoms with E-state index in [0.717, 1.165) is 44.1 Å². The zero-order valence-electron chi connectivity index (χ0n) is 14.4. The summed E-state index contributed by atoms with van der Waals surface area (Å²) in [5.74, 6) is -1.17. The molecule has 1 aromatic heterocycles. The Kier molecular flexibility index (Phi) is 5.98. The van der Waals surface area contributed by atoms with Crippen LogP contribution in [-0.2, 0) is 22.6 Å². The quantitative estimate of drug-likeness (QED) is 0.777. The van der Waals surface area contributed by atoms with Gasteiger partial charge in [-0.3, -0.25) is 19.2 Å². The number of aromatic nitrogens is 2. The van der Waals surface area contributed by atoms with Gasteiger partial charge in [-0.2, -0.15) is 5.10 Å². The number of aliphatic carboxylic acids is 1. The van der Waals surface area contributed by atoms with Crippen LogP contribution in [0.25, 0.3) is 0 Å². The first kappa shape index (κ1) is 18.1. The Bertz CT molecular complexity index is 768. The first-order valence-electron chi connectivity index (χ1n) is 8.55. The van der Waals surface area contributed by atoms with Crippen LogP contribution in [0.5, 0.6) is 0 Å². The lowest BCUT2D eigenvalue weighted by Gasteiger charge is -2.26. The number of nitrogens with one attached hydrogen (secondary N) is 1. The summed E-state index contributed by atoms with van der Waals surface area (Å²) >= 11 is 0. The highest BCUT2D eigenvalue weighted by Gasteiger charge is 2.12. The van der Waals surface area contributed by atoms with Crippen molar-refractivity contribution in [1.29, 1.82) is 0 Å². The fourth-order valence-electron chi connectivity index (χ4n) is 2.78. The minimum Gasteiger partial charge on any atom is -0.481 e. The number of ether oxygens (including phenoxy) is 1. The Labute approximate surface area is 151 Å². The summed E-state index contributed by atoms with van der Waals surface area (Å²) in [5, 5.41) is 15.6. The number of hydrogen-bond donors (Lipinski definition) is 2. The van der Waals surface area contributed by atoms with E-state index in [0.29, 0.717) is 5.56 Å². The van der Waals surface area contributed by atoms with Gasteiger partial charge in [0.15, 0.2) is 0 Å². The van der Waals surface area contributed by atoms with Gasteiger partial charge in [0.25, 0.3) is 5.91 Å². The molecule has 0 aliphatic carbocycles. The molecule has 1 saturated heterocycles. The van der Waals surface area contributed by atoms with Gasteiger partial charge in [-0.05, 0) is 17.7 Å². The maximum Gasteiger partial charge on any atom is 0.305 e. The summed E-state index contributed by atoms with van der Waals surface area (Å²) < 4.78 is 6.81. The maximum absolute atomic E-state index is 12.4. The molecular weight excluding hydrogens is 336 g/mol. The first-order valence-corrected chi connectivity index (χ1v) is 8.55. The van der Waals surface area contributed by atoms with Gasteiger partial charge in [0.05, 0.1) is 37.9 Å². The standard InChI is InChI=1S/C18H22N4O4/c23-17(24)4-5-22-13-15(11-19-22)18(25)20-16-3-1-2-14(10-16)12-21-6-8-26-9-7-21/h1-3,10-11,13H,4-9,12H2,(H,20,25)(H,23,24). The average molecular weight is 358 g/mol. The molecule has 1 amide bonds. The van der Waals surface area contributed by atoms with Crippen molar-refractivity contribution in [2.75, 3.05) is 31.6 Å². The largest absolute Gasteiger partial charge is 0.481 e. The van der Waals surface area contributed by atoms with Crippen LogP contribution < -0.4 is 5.32 Å². The second-order valence-electron chi connectivity index (χ2n) is 6.18. The fourth-order valence-corrected chi connectivity index (χ4v) is 2.78. The van der Waals surface area contributed by atoms with E-state index in [-0.39, 0.29) is 18.9 Å². The van der Waals surface area contributed by atoms with Crippen LogP contribution in [0.1, 0.15) is 22.3 Å². The van der Waals surface area contributed by atoms with Gasteiger partial charge in [-0.15, -0.1) is 0 Å². The van der Waals surface area contributed by atoms with Crippen LogP contribution in [0, 0.1) is 0 Å². The molecule has 8 heteroatoms. The number of carboxylic acids is 1. The van der Waals surface area contributed by atoms with Crippen LogP contribution in [0.4, 0.5) is 5.69 Å². The van der Waals surface area contributed by atoms with E-state index >= 15 is 0 Å². The Morgan fingerprint density at radius 2 is 2.08 bits per heavy atom. The number of amides is 1. The van der Waals surface area contributed by atoms with E-state index < -0.39 is 5.97 Å². The number of hydrogen-bond acceptors (Lipinski definition) is 5. The van der Waals surface area contributed by atoms with E-state index in [1.165, 1.54) is 10.9 Å². The molecule has 2 heterocycles. The van der Waals surface area contributed by atoms with Crippen molar-refractivity contribution >= 4 is 17.6 Å². The Hall–Kier alpha value is -2.71. The third-order valence-electron chi connectivity index (χ3n) is 4.14. The van der Waals surface area contributed by atoms with Crippen molar-refractivity contribution in [3.8, 4) is 0 Å². The molecule has 1 aliphatic rings. The number of carbonyl (C=O) groups is 2. The third-order valence-corrected chi connectivity index (χ3v) is 4.14. The van der Waals surface area contributed by atoms with Crippen molar-refractivity contribution in [1.82, 2.24) is 14.7 Å². The molecule has 2 aromatic rings. The van der Waals surface area contributed by atoms with Gasteiger partial charge in [0, 0.05) is 31.5 Å². The second-order valence-corrected chi connectivity index (χ2v) is 6.18. The van der Waals surface area contributed by atoms with E-state index in [1.54, 1.807) is 6.20 Å². The topological polar surface area (TPSA) is 96.7 Å². The predicted octanol–water partition coefficient (Wildman–Crippen LogP) is 1.44. The SMILES string of the molecule is O=C(O)CCn1cc(C(=O)Nc2cccc(CN3CCOCC3)c2)cn1. The number of nitrogens with zero attached hydrogens (tertiary/aromatic N) is 3. The molecule has 0 atom stereocenters. The zero-order valence-corrected chi connectivity index (χ0v) is 14.4. The molecule has 0 bridgehead atoms. The predicted molar refractivity (Wildman–Crippen MR) is 95.0 cm³/mol. The van der Waals surface area contributed by atoms with Crippen LogP contribution in [0.15, 0.2) is 36.7 Å². The molecule has 0 spiro atoms. The summed E-state index contributed by atoms with van der Waals surface area (Å²) in [6, 6.07) is 7.76. The monoisotopic (exact) mass is 358 g/mol. The van der Waals surface area contributed by atoms with Gasteiger partial charge in [0.2, 0.25) is 0 Å². The van der Waals surface area contributed by atoms with Crippen LogP contribution >= 0.6 is 0 Å². The molecule has 138 valence electrons. The summed E-state index contributed by atoms with van der Waals surface area (Å²) in [6.45, 7) is 4.38. The van der Waals surface area contributed by atoms with Crippen molar-refractivity contribution in [3.63, 3.8) is 0 Å². The van der Waals surface area contributed by atoms with Crippen LogP contribution in [0.2, 0.25) is 0 Å². The minimum absolute atomic E-state index is 0.0354. The third kappa shape index (κ3) is 5.14. The number of carbonyl (C=O) groups excluding carboxylic acids is 1.